The monoisotopic (exact) mass is 460 g/mol. The average molecular weight is 461 g/mol. The van der Waals surface area contributed by atoms with Crippen LogP contribution in [0.5, 0.6) is 0 Å². The first-order valence-electron chi connectivity index (χ1n) is 5.80. The van der Waals surface area contributed by atoms with Crippen LogP contribution < -0.4 is 0 Å². The summed E-state index contributed by atoms with van der Waals surface area (Å²) in [6.45, 7) is -0.452. The quantitative estimate of drug-likeness (QED) is 0.242. The van der Waals surface area contributed by atoms with Crippen LogP contribution in [0.1, 0.15) is 6.92 Å². The second kappa shape index (κ2) is 6.80. The summed E-state index contributed by atoms with van der Waals surface area (Å²) in [5.74, 6) is -42.9. The Morgan fingerprint density at radius 2 is 1.00 bits per heavy atom. The van der Waals surface area contributed by atoms with Gasteiger partial charge in [-0.05, 0) is 6.92 Å². The average Bonchev–Trinajstić information content (AvgIpc) is 2.35. The molecule has 0 aliphatic rings. The van der Waals surface area contributed by atoms with E-state index in [4.69, 9.17) is 22.2 Å². The van der Waals surface area contributed by atoms with E-state index in [1.807, 2.05) is 0 Å². The Balaban J connectivity index is 6.29. The van der Waals surface area contributed by atoms with Gasteiger partial charge in [0, 0.05) is 6.04 Å². The highest BCUT2D eigenvalue weighted by atomic mass is 35.7. The first-order valence-corrected chi connectivity index (χ1v) is 10.1. The zero-order valence-corrected chi connectivity index (χ0v) is 14.2. The van der Waals surface area contributed by atoms with Crippen LogP contribution in [0.15, 0.2) is 0 Å². The molecule has 0 saturated heterocycles. The first kappa shape index (κ1) is 24.9. The van der Waals surface area contributed by atoms with E-state index in [0.717, 1.165) is 0 Å². The molecule has 0 spiro atoms. The summed E-state index contributed by atoms with van der Waals surface area (Å²) >= 11 is 9.56. The molecule has 0 aromatic carbocycles. The maximum Gasteiger partial charge on any atom is 0.384 e. The Bertz CT molecular complexity index is 476. The predicted molar refractivity (Wildman–Crippen MR) is 63.9 cm³/mol. The Hall–Kier alpha value is -0.113. The topological polar surface area (TPSA) is 0 Å². The van der Waals surface area contributed by atoms with Crippen molar-refractivity contribution >= 4 is 29.6 Å². The molecule has 0 saturated carbocycles. The minimum Gasteiger partial charge on any atom is -0.241 e. The maximum atomic E-state index is 13.2. The zero-order valence-electron chi connectivity index (χ0n) is 11.5. The maximum absolute atomic E-state index is 13.2. The van der Waals surface area contributed by atoms with Gasteiger partial charge in [0.1, 0.15) is 0 Å². The Morgan fingerprint density at radius 3 is 1.28 bits per heavy atom. The van der Waals surface area contributed by atoms with E-state index in [1.165, 1.54) is 0 Å². The standard InChI is InChI=1S/C9H7Cl2F13Si/c1-3(12)5(15,16)7(19,20)9(23,24)8(21,22)6(17,18)4(13,14)2-25(10)11/h3,25H,2H2,1H3. The van der Waals surface area contributed by atoms with Crippen LogP contribution in [0.25, 0.3) is 0 Å². The molecule has 0 fully saturated rings. The van der Waals surface area contributed by atoms with Crippen molar-refractivity contribution < 1.29 is 57.1 Å². The van der Waals surface area contributed by atoms with Gasteiger partial charge in [-0.15, -0.1) is 0 Å². The van der Waals surface area contributed by atoms with Crippen LogP contribution in [0.4, 0.5) is 57.1 Å². The fourth-order valence-corrected chi connectivity index (χ4v) is 3.21. The summed E-state index contributed by atoms with van der Waals surface area (Å²) < 4.78 is 170. The van der Waals surface area contributed by atoms with Gasteiger partial charge in [0.2, 0.25) is 7.42 Å². The summed E-state index contributed by atoms with van der Waals surface area (Å²) in [5, 5.41) is 0. The van der Waals surface area contributed by atoms with Gasteiger partial charge in [-0.2, -0.15) is 74.8 Å². The lowest BCUT2D eigenvalue weighted by Gasteiger charge is -2.41. The molecule has 0 aromatic rings. The third-order valence-corrected chi connectivity index (χ3v) is 4.72. The van der Waals surface area contributed by atoms with E-state index in [2.05, 4.69) is 0 Å². The minimum atomic E-state index is -7.77. The van der Waals surface area contributed by atoms with Crippen molar-refractivity contribution in [1.29, 1.82) is 0 Å². The molecular formula is C9H7Cl2F13Si. The molecule has 0 aliphatic carbocycles. The molecular weight excluding hydrogens is 454 g/mol. The van der Waals surface area contributed by atoms with Crippen molar-refractivity contribution in [3.63, 3.8) is 0 Å². The van der Waals surface area contributed by atoms with Gasteiger partial charge in [-0.3, -0.25) is 0 Å². The molecule has 0 amide bonds. The molecule has 0 radical (unpaired) electrons. The van der Waals surface area contributed by atoms with E-state index in [9.17, 15) is 57.1 Å². The molecule has 0 aliphatic heterocycles. The van der Waals surface area contributed by atoms with Crippen LogP contribution in [0.3, 0.4) is 0 Å². The Kier molecular flexibility index (Phi) is 6.77. The van der Waals surface area contributed by atoms with Crippen molar-refractivity contribution in [2.45, 2.75) is 54.7 Å². The number of hydrogen-bond donors (Lipinski definition) is 0. The molecule has 25 heavy (non-hydrogen) atoms. The number of halogens is 15. The highest BCUT2D eigenvalue weighted by Gasteiger charge is 2.90. The molecule has 0 N–H and O–H groups in total. The van der Waals surface area contributed by atoms with Gasteiger partial charge in [-0.25, -0.2) is 4.39 Å². The summed E-state index contributed by atoms with van der Waals surface area (Å²) in [5.41, 5.74) is 0. The minimum absolute atomic E-state index is 0.452. The zero-order chi connectivity index (χ0) is 20.9. The molecule has 1 atom stereocenters. The third-order valence-electron chi connectivity index (χ3n) is 2.97. The predicted octanol–water partition coefficient (Wildman–Crippen LogP) is 5.85. The SMILES string of the molecule is CC(F)C(F)(F)C(F)(F)C(F)(F)C(F)(F)C(F)(F)C(F)(F)C[SiH](Cl)Cl. The van der Waals surface area contributed by atoms with E-state index in [0.29, 0.717) is 0 Å². The fourth-order valence-electron chi connectivity index (χ4n) is 1.41. The van der Waals surface area contributed by atoms with Crippen LogP contribution in [0.2, 0.25) is 6.04 Å². The normalized spacial score (nSPS) is 17.2. The van der Waals surface area contributed by atoms with E-state index in [-0.39, 0.29) is 0 Å². The fraction of sp³-hybridized carbons (Fsp3) is 1.00. The van der Waals surface area contributed by atoms with Crippen LogP contribution in [-0.4, -0.2) is 49.1 Å². The molecule has 0 nitrogen and oxygen atoms in total. The van der Waals surface area contributed by atoms with Gasteiger partial charge >= 0.3 is 35.5 Å². The summed E-state index contributed by atoms with van der Waals surface area (Å²) in [6.07, 6.45) is -4.21. The van der Waals surface area contributed by atoms with Crippen LogP contribution in [0, 0.1) is 0 Å². The van der Waals surface area contributed by atoms with Gasteiger partial charge in [0.15, 0.2) is 6.17 Å². The number of hydrogen-bond acceptors (Lipinski definition) is 0. The van der Waals surface area contributed by atoms with Crippen LogP contribution >= 0.6 is 22.2 Å². The smallest absolute Gasteiger partial charge is 0.241 e. The highest BCUT2D eigenvalue weighted by molar-refractivity contribution is 7.33. The highest BCUT2D eigenvalue weighted by Crippen LogP contribution is 2.61. The number of rotatable bonds is 8. The van der Waals surface area contributed by atoms with Crippen molar-refractivity contribution in [2.75, 3.05) is 0 Å². The summed E-state index contributed by atoms with van der Waals surface area (Å²) in [4.78, 5) is 0. The molecule has 1 unspecified atom stereocenters. The van der Waals surface area contributed by atoms with Crippen molar-refractivity contribution in [1.82, 2.24) is 0 Å². The molecule has 16 heteroatoms. The van der Waals surface area contributed by atoms with Gasteiger partial charge in [-0.1, -0.05) is 0 Å². The molecule has 152 valence electrons. The lowest BCUT2D eigenvalue weighted by atomic mass is 9.90. The molecule has 0 rings (SSSR count). The Labute approximate surface area is 142 Å². The second-order valence-electron chi connectivity index (χ2n) is 4.84. The largest absolute Gasteiger partial charge is 0.384 e. The lowest BCUT2D eigenvalue weighted by Crippen LogP contribution is -2.71. The van der Waals surface area contributed by atoms with Gasteiger partial charge in [0.05, 0.1) is 0 Å². The summed E-state index contributed by atoms with van der Waals surface area (Å²) in [6, 6.07) is -2.46. The van der Waals surface area contributed by atoms with Crippen molar-refractivity contribution in [2.24, 2.45) is 0 Å². The van der Waals surface area contributed by atoms with Crippen molar-refractivity contribution in [3.8, 4) is 0 Å². The van der Waals surface area contributed by atoms with Crippen molar-refractivity contribution in [3.05, 3.63) is 0 Å². The van der Waals surface area contributed by atoms with E-state index in [1.54, 1.807) is 0 Å². The Morgan fingerprint density at radius 1 is 0.680 bits per heavy atom. The molecule has 0 aromatic heterocycles. The number of alkyl halides is 13. The van der Waals surface area contributed by atoms with E-state index >= 15 is 0 Å². The third kappa shape index (κ3) is 3.66. The molecule has 0 bridgehead atoms. The van der Waals surface area contributed by atoms with Gasteiger partial charge < -0.3 is 0 Å². The first-order chi connectivity index (χ1) is 10.6. The lowest BCUT2D eigenvalue weighted by molar-refractivity contribution is -0.426. The molecule has 0 heterocycles. The van der Waals surface area contributed by atoms with Crippen LogP contribution in [-0.2, 0) is 0 Å². The second-order valence-corrected chi connectivity index (χ2v) is 9.86. The van der Waals surface area contributed by atoms with Gasteiger partial charge in [0.25, 0.3) is 0 Å². The van der Waals surface area contributed by atoms with E-state index < -0.39 is 62.1 Å². The summed E-state index contributed by atoms with van der Waals surface area (Å²) in [7, 11) is -3.87.